The van der Waals surface area contributed by atoms with Crippen LogP contribution >= 0.6 is 33.9 Å². The number of pyridine rings is 1. The third-order valence-corrected chi connectivity index (χ3v) is 5.39. The molecule has 1 aromatic carbocycles. The Bertz CT molecular complexity index is 1130. The maximum Gasteiger partial charge on any atom is 0.280 e. The molecule has 0 fully saturated rings. The lowest BCUT2D eigenvalue weighted by Gasteiger charge is -2.17. The number of anilines is 2. The first-order valence-electron chi connectivity index (χ1n) is 8.27. The Labute approximate surface area is 182 Å². The molecule has 1 amide bonds. The fourth-order valence-corrected chi connectivity index (χ4v) is 3.80. The highest BCUT2D eigenvalue weighted by Crippen LogP contribution is 2.29. The van der Waals surface area contributed by atoms with Crippen molar-refractivity contribution in [3.63, 3.8) is 0 Å². The van der Waals surface area contributed by atoms with E-state index >= 15 is 0 Å². The van der Waals surface area contributed by atoms with Gasteiger partial charge in [0.1, 0.15) is 35.9 Å². The van der Waals surface area contributed by atoms with Crippen LogP contribution in [0.4, 0.5) is 15.9 Å². The Morgan fingerprint density at radius 2 is 2.24 bits per heavy atom. The standard InChI is InChI=1S/C18H16FIN4O4S/c1-3-27-6-7-28-23-17(25)13-15-14(21-9-29-15)18(26)24(2)16(13)22-12-5-4-10(20)8-11(12)19/h3-5,8-9,22H,1,6-7H2,2H3,(H,23,25). The predicted octanol–water partition coefficient (Wildman–Crippen LogP) is 3.30. The highest BCUT2D eigenvalue weighted by molar-refractivity contribution is 14.1. The molecule has 2 N–H and O–H groups in total. The molecule has 0 radical (unpaired) electrons. The Balaban J connectivity index is 2.02. The van der Waals surface area contributed by atoms with E-state index in [1.54, 1.807) is 6.07 Å². The minimum absolute atomic E-state index is 0.0872. The minimum atomic E-state index is -0.609. The normalized spacial score (nSPS) is 10.7. The largest absolute Gasteiger partial charge is 0.499 e. The van der Waals surface area contributed by atoms with Crippen LogP contribution in [0.2, 0.25) is 0 Å². The minimum Gasteiger partial charge on any atom is -0.499 e. The van der Waals surface area contributed by atoms with E-state index in [1.807, 2.05) is 22.6 Å². The van der Waals surface area contributed by atoms with Gasteiger partial charge in [0.2, 0.25) is 0 Å². The maximum atomic E-state index is 14.4. The number of rotatable bonds is 8. The number of carbonyl (C=O) groups excluding carboxylic acids is 1. The molecule has 8 nitrogen and oxygen atoms in total. The van der Waals surface area contributed by atoms with Crippen LogP contribution < -0.4 is 16.4 Å². The van der Waals surface area contributed by atoms with E-state index in [0.29, 0.717) is 8.27 Å². The molecule has 0 aliphatic rings. The van der Waals surface area contributed by atoms with Crippen molar-refractivity contribution in [2.45, 2.75) is 0 Å². The van der Waals surface area contributed by atoms with Crippen LogP contribution in [0.3, 0.4) is 0 Å². The van der Waals surface area contributed by atoms with Crippen LogP contribution in [0.1, 0.15) is 10.4 Å². The molecule has 0 atom stereocenters. The summed E-state index contributed by atoms with van der Waals surface area (Å²) in [5, 5.41) is 2.86. The first-order valence-corrected chi connectivity index (χ1v) is 10.2. The number of hydroxylamine groups is 1. The molecule has 0 aliphatic heterocycles. The number of ether oxygens (including phenoxy) is 1. The summed E-state index contributed by atoms with van der Waals surface area (Å²) in [5.41, 5.74) is 3.76. The molecule has 11 heteroatoms. The van der Waals surface area contributed by atoms with Gasteiger partial charge in [0.15, 0.2) is 0 Å². The van der Waals surface area contributed by atoms with Crippen molar-refractivity contribution in [1.82, 2.24) is 15.0 Å². The highest BCUT2D eigenvalue weighted by Gasteiger charge is 2.23. The predicted molar refractivity (Wildman–Crippen MR) is 117 cm³/mol. The summed E-state index contributed by atoms with van der Waals surface area (Å²) in [6, 6.07) is 4.58. The molecule has 0 unspecified atom stereocenters. The molecule has 0 spiro atoms. The van der Waals surface area contributed by atoms with E-state index < -0.39 is 17.3 Å². The Hall–Kier alpha value is -2.51. The van der Waals surface area contributed by atoms with Gasteiger partial charge in [0, 0.05) is 10.6 Å². The van der Waals surface area contributed by atoms with Gasteiger partial charge in [-0.2, -0.15) is 0 Å². The summed E-state index contributed by atoms with van der Waals surface area (Å²) in [6.07, 6.45) is 1.26. The molecule has 2 heterocycles. The Kier molecular flexibility index (Phi) is 6.82. The van der Waals surface area contributed by atoms with Gasteiger partial charge in [-0.15, -0.1) is 11.3 Å². The van der Waals surface area contributed by atoms with E-state index in [4.69, 9.17) is 9.57 Å². The zero-order chi connectivity index (χ0) is 21.0. The topological polar surface area (TPSA) is 94.5 Å². The Morgan fingerprint density at radius 1 is 1.45 bits per heavy atom. The van der Waals surface area contributed by atoms with Crippen molar-refractivity contribution in [2.24, 2.45) is 7.05 Å². The van der Waals surface area contributed by atoms with Gasteiger partial charge < -0.3 is 10.1 Å². The van der Waals surface area contributed by atoms with Gasteiger partial charge in [0.25, 0.3) is 11.5 Å². The number of nitrogens with zero attached hydrogens (tertiary/aromatic N) is 2. The number of halogens is 2. The molecule has 152 valence electrons. The number of hydrogen-bond acceptors (Lipinski definition) is 7. The number of hydrogen-bond donors (Lipinski definition) is 2. The average Bonchev–Trinajstić information content (AvgIpc) is 3.17. The van der Waals surface area contributed by atoms with Crippen LogP contribution in [0.5, 0.6) is 0 Å². The smallest absolute Gasteiger partial charge is 0.280 e. The van der Waals surface area contributed by atoms with Crippen molar-refractivity contribution < 1.29 is 18.8 Å². The quantitative estimate of drug-likeness (QED) is 0.201. The number of nitrogens with one attached hydrogen (secondary N) is 2. The van der Waals surface area contributed by atoms with Gasteiger partial charge in [-0.3, -0.25) is 19.0 Å². The molecule has 3 aromatic rings. The summed E-state index contributed by atoms with van der Waals surface area (Å²) >= 11 is 3.12. The molecule has 3 rings (SSSR count). The molecule has 0 aliphatic carbocycles. The lowest BCUT2D eigenvalue weighted by molar-refractivity contribution is 0.0146. The van der Waals surface area contributed by atoms with Gasteiger partial charge in [-0.25, -0.2) is 14.9 Å². The monoisotopic (exact) mass is 530 g/mol. The second-order valence-corrected chi connectivity index (χ2v) is 7.78. The molecule has 0 saturated heterocycles. The van der Waals surface area contributed by atoms with Crippen LogP contribution in [-0.4, -0.2) is 28.7 Å². The molecular weight excluding hydrogens is 514 g/mol. The van der Waals surface area contributed by atoms with Crippen molar-refractivity contribution in [2.75, 3.05) is 18.5 Å². The molecule has 0 saturated carbocycles. The summed E-state index contributed by atoms with van der Waals surface area (Å²) in [5.74, 6) is -1.00. The van der Waals surface area contributed by atoms with Crippen LogP contribution in [0, 0.1) is 9.39 Å². The number of amides is 1. The van der Waals surface area contributed by atoms with Crippen molar-refractivity contribution >= 4 is 61.6 Å². The lowest BCUT2D eigenvalue weighted by atomic mass is 10.2. The van der Waals surface area contributed by atoms with Crippen molar-refractivity contribution in [1.29, 1.82) is 0 Å². The number of benzene rings is 1. The summed E-state index contributed by atoms with van der Waals surface area (Å²) in [7, 11) is 1.48. The molecule has 29 heavy (non-hydrogen) atoms. The van der Waals surface area contributed by atoms with E-state index in [1.165, 1.54) is 35.5 Å². The van der Waals surface area contributed by atoms with E-state index in [9.17, 15) is 14.0 Å². The van der Waals surface area contributed by atoms with Gasteiger partial charge >= 0.3 is 0 Å². The van der Waals surface area contributed by atoms with Gasteiger partial charge in [-0.05, 0) is 40.8 Å². The fourth-order valence-electron chi connectivity index (χ4n) is 2.53. The Morgan fingerprint density at radius 3 is 2.97 bits per heavy atom. The van der Waals surface area contributed by atoms with E-state index in [2.05, 4.69) is 22.4 Å². The number of thiazole rings is 1. The van der Waals surface area contributed by atoms with Crippen LogP contribution in [0.25, 0.3) is 10.2 Å². The first kappa shape index (κ1) is 21.2. The number of fused-ring (bicyclic) bond motifs is 1. The number of aromatic nitrogens is 2. The van der Waals surface area contributed by atoms with Crippen LogP contribution in [0.15, 0.2) is 41.3 Å². The van der Waals surface area contributed by atoms with E-state index in [-0.39, 0.29) is 35.8 Å². The van der Waals surface area contributed by atoms with Crippen molar-refractivity contribution in [3.05, 3.63) is 61.9 Å². The second kappa shape index (κ2) is 9.33. The number of carbonyl (C=O) groups is 1. The summed E-state index contributed by atoms with van der Waals surface area (Å²) < 4.78 is 21.6. The van der Waals surface area contributed by atoms with Gasteiger partial charge in [-0.1, -0.05) is 6.58 Å². The zero-order valence-corrected chi connectivity index (χ0v) is 18.2. The summed E-state index contributed by atoms with van der Waals surface area (Å²) in [4.78, 5) is 34.6. The molecule has 2 aromatic heterocycles. The third kappa shape index (κ3) is 4.57. The SMILES string of the molecule is C=COCCONC(=O)c1c(Nc2ccc(I)cc2F)n(C)c(=O)c2ncsc12. The van der Waals surface area contributed by atoms with Crippen molar-refractivity contribution in [3.8, 4) is 0 Å². The van der Waals surface area contributed by atoms with Gasteiger partial charge in [0.05, 0.1) is 22.2 Å². The fraction of sp³-hybridized carbons (Fsp3) is 0.167. The van der Waals surface area contributed by atoms with Crippen LogP contribution in [-0.2, 0) is 16.6 Å². The summed E-state index contributed by atoms with van der Waals surface area (Å²) in [6.45, 7) is 3.70. The third-order valence-electron chi connectivity index (χ3n) is 3.87. The lowest BCUT2D eigenvalue weighted by Crippen LogP contribution is -2.30. The highest BCUT2D eigenvalue weighted by atomic mass is 127. The average molecular weight is 530 g/mol. The molecular formula is C18H16FIN4O4S. The zero-order valence-electron chi connectivity index (χ0n) is 15.2. The maximum absolute atomic E-state index is 14.4. The molecule has 0 bridgehead atoms. The van der Waals surface area contributed by atoms with E-state index in [0.717, 1.165) is 11.3 Å². The second-order valence-electron chi connectivity index (χ2n) is 5.68. The first-order chi connectivity index (χ1) is 13.9.